The van der Waals surface area contributed by atoms with Gasteiger partial charge in [0, 0.05) is 6.61 Å². The maximum absolute atomic E-state index is 8.72. The van der Waals surface area contributed by atoms with Crippen LogP contribution in [-0.2, 0) is 0 Å². The van der Waals surface area contributed by atoms with Gasteiger partial charge in [-0.2, -0.15) is 0 Å². The van der Waals surface area contributed by atoms with Crippen molar-refractivity contribution >= 4 is 0 Å². The summed E-state index contributed by atoms with van der Waals surface area (Å²) in [4.78, 5) is 0. The van der Waals surface area contributed by atoms with Crippen molar-refractivity contribution in [2.24, 2.45) is 5.41 Å². The van der Waals surface area contributed by atoms with Crippen LogP contribution in [0.3, 0.4) is 0 Å². The summed E-state index contributed by atoms with van der Waals surface area (Å²) in [6, 6.07) is 0. The van der Waals surface area contributed by atoms with Crippen LogP contribution >= 0.6 is 0 Å². The average Bonchev–Trinajstić information content (AvgIpc) is 2.09. The van der Waals surface area contributed by atoms with Gasteiger partial charge < -0.3 is 5.11 Å². The minimum atomic E-state index is 0.253. The Labute approximate surface area is 87.5 Å². The smallest absolute Gasteiger partial charge is 0.0465 e. The third-order valence-electron chi connectivity index (χ3n) is 3.12. The van der Waals surface area contributed by atoms with E-state index in [9.17, 15) is 0 Å². The number of aliphatic hydroxyl groups is 1. The molecule has 0 atom stereocenters. The molecule has 0 fully saturated rings. The molecule has 0 saturated heterocycles. The lowest BCUT2D eigenvalue weighted by molar-refractivity contribution is 0.302. The molecule has 1 N–H and O–H groups in total. The van der Waals surface area contributed by atoms with Crippen LogP contribution in [0.2, 0.25) is 0 Å². The first-order valence-corrected chi connectivity index (χ1v) is 5.55. The molecule has 0 aliphatic heterocycles. The monoisotopic (exact) mass is 194 g/mol. The molecule has 1 aliphatic rings. The van der Waals surface area contributed by atoms with E-state index in [-0.39, 0.29) is 6.61 Å². The Morgan fingerprint density at radius 3 is 2.71 bits per heavy atom. The van der Waals surface area contributed by atoms with Crippen LogP contribution in [0.15, 0.2) is 23.3 Å². The predicted octanol–water partition coefficient (Wildman–Crippen LogP) is 3.45. The minimum Gasteiger partial charge on any atom is -0.396 e. The SMILES string of the molecule is CC1=C(C=CCCO)C(C)(C)CCC1. The van der Waals surface area contributed by atoms with Crippen molar-refractivity contribution in [2.75, 3.05) is 6.61 Å². The fourth-order valence-corrected chi connectivity index (χ4v) is 2.29. The number of aliphatic hydroxyl groups excluding tert-OH is 1. The van der Waals surface area contributed by atoms with E-state index in [2.05, 4.69) is 32.9 Å². The van der Waals surface area contributed by atoms with Gasteiger partial charge in [0.15, 0.2) is 0 Å². The van der Waals surface area contributed by atoms with Crippen molar-refractivity contribution in [1.29, 1.82) is 0 Å². The summed E-state index contributed by atoms with van der Waals surface area (Å²) in [7, 11) is 0. The molecule has 14 heavy (non-hydrogen) atoms. The molecule has 0 aromatic carbocycles. The van der Waals surface area contributed by atoms with Crippen LogP contribution in [0.1, 0.15) is 46.5 Å². The summed E-state index contributed by atoms with van der Waals surface area (Å²) >= 11 is 0. The van der Waals surface area contributed by atoms with Crippen LogP contribution in [0.25, 0.3) is 0 Å². The summed E-state index contributed by atoms with van der Waals surface area (Å²) in [5.41, 5.74) is 3.33. The van der Waals surface area contributed by atoms with Crippen molar-refractivity contribution in [2.45, 2.75) is 46.5 Å². The second-order valence-corrected chi connectivity index (χ2v) is 4.85. The zero-order chi connectivity index (χ0) is 10.6. The first kappa shape index (κ1) is 11.5. The predicted molar refractivity (Wildman–Crippen MR) is 61.2 cm³/mol. The Kier molecular flexibility index (Phi) is 3.94. The van der Waals surface area contributed by atoms with Crippen molar-refractivity contribution in [1.82, 2.24) is 0 Å². The van der Waals surface area contributed by atoms with E-state index in [4.69, 9.17) is 5.11 Å². The highest BCUT2D eigenvalue weighted by molar-refractivity contribution is 5.32. The number of allylic oxidation sites excluding steroid dienone is 3. The Bertz CT molecular complexity index is 246. The molecule has 1 aliphatic carbocycles. The maximum Gasteiger partial charge on any atom is 0.0465 e. The maximum atomic E-state index is 8.72. The van der Waals surface area contributed by atoms with Gasteiger partial charge in [0.25, 0.3) is 0 Å². The van der Waals surface area contributed by atoms with Crippen molar-refractivity contribution in [3.63, 3.8) is 0 Å². The van der Waals surface area contributed by atoms with Crippen LogP contribution in [0.4, 0.5) is 0 Å². The molecule has 0 amide bonds. The van der Waals surface area contributed by atoms with Gasteiger partial charge in [0.05, 0.1) is 0 Å². The molecule has 80 valence electrons. The molecule has 0 aromatic rings. The van der Waals surface area contributed by atoms with E-state index in [1.807, 2.05) is 0 Å². The third kappa shape index (κ3) is 2.71. The molecular formula is C13H22O. The quantitative estimate of drug-likeness (QED) is 0.729. The van der Waals surface area contributed by atoms with Crippen LogP contribution in [0.5, 0.6) is 0 Å². The molecule has 0 heterocycles. The van der Waals surface area contributed by atoms with E-state index in [1.165, 1.54) is 30.4 Å². The molecule has 1 rings (SSSR count). The highest BCUT2D eigenvalue weighted by Crippen LogP contribution is 2.40. The van der Waals surface area contributed by atoms with Gasteiger partial charge in [-0.15, -0.1) is 0 Å². The lowest BCUT2D eigenvalue weighted by Crippen LogP contribution is -2.19. The summed E-state index contributed by atoms with van der Waals surface area (Å²) < 4.78 is 0. The fraction of sp³-hybridized carbons (Fsp3) is 0.692. The Hall–Kier alpha value is -0.560. The van der Waals surface area contributed by atoms with Gasteiger partial charge >= 0.3 is 0 Å². The van der Waals surface area contributed by atoms with Gasteiger partial charge in [0.1, 0.15) is 0 Å². The normalized spacial score (nSPS) is 22.0. The van der Waals surface area contributed by atoms with E-state index >= 15 is 0 Å². The van der Waals surface area contributed by atoms with E-state index in [0.29, 0.717) is 5.41 Å². The first-order chi connectivity index (χ1) is 6.58. The second-order valence-electron chi connectivity index (χ2n) is 4.85. The van der Waals surface area contributed by atoms with Gasteiger partial charge in [-0.1, -0.05) is 31.6 Å². The van der Waals surface area contributed by atoms with Gasteiger partial charge in [-0.05, 0) is 43.6 Å². The second kappa shape index (κ2) is 4.79. The van der Waals surface area contributed by atoms with Crippen LogP contribution in [-0.4, -0.2) is 11.7 Å². The summed E-state index contributed by atoms with van der Waals surface area (Å²) in [5.74, 6) is 0. The molecule has 0 bridgehead atoms. The Balaban J connectivity index is 2.80. The molecule has 1 nitrogen and oxygen atoms in total. The van der Waals surface area contributed by atoms with E-state index in [1.54, 1.807) is 0 Å². The highest BCUT2D eigenvalue weighted by Gasteiger charge is 2.26. The molecule has 0 spiro atoms. The third-order valence-corrected chi connectivity index (χ3v) is 3.12. The van der Waals surface area contributed by atoms with Crippen molar-refractivity contribution in [3.05, 3.63) is 23.3 Å². The summed E-state index contributed by atoms with van der Waals surface area (Å²) in [5, 5.41) is 8.72. The van der Waals surface area contributed by atoms with Crippen LogP contribution < -0.4 is 0 Å². The number of rotatable bonds is 3. The molecule has 0 aromatic heterocycles. The van der Waals surface area contributed by atoms with Gasteiger partial charge in [-0.25, -0.2) is 0 Å². The van der Waals surface area contributed by atoms with E-state index in [0.717, 1.165) is 6.42 Å². The molecule has 1 heteroatoms. The number of hydrogen-bond donors (Lipinski definition) is 1. The first-order valence-electron chi connectivity index (χ1n) is 5.55. The minimum absolute atomic E-state index is 0.253. The van der Waals surface area contributed by atoms with Crippen molar-refractivity contribution in [3.8, 4) is 0 Å². The molecule has 0 saturated carbocycles. The Morgan fingerprint density at radius 1 is 1.43 bits per heavy atom. The fourth-order valence-electron chi connectivity index (χ4n) is 2.29. The summed E-state index contributed by atoms with van der Waals surface area (Å²) in [6.45, 7) is 7.12. The highest BCUT2D eigenvalue weighted by atomic mass is 16.2. The lowest BCUT2D eigenvalue weighted by Gasteiger charge is -2.32. The largest absolute Gasteiger partial charge is 0.396 e. The van der Waals surface area contributed by atoms with E-state index < -0.39 is 0 Å². The molecule has 0 radical (unpaired) electrons. The van der Waals surface area contributed by atoms with Gasteiger partial charge in [-0.3, -0.25) is 0 Å². The lowest BCUT2D eigenvalue weighted by atomic mass is 9.72. The standard InChI is InChI=1S/C13H22O/c1-11-7-6-9-13(2,3)12(11)8-4-5-10-14/h4,8,14H,5-7,9-10H2,1-3H3. The van der Waals surface area contributed by atoms with Gasteiger partial charge in [0.2, 0.25) is 0 Å². The zero-order valence-electron chi connectivity index (χ0n) is 9.64. The zero-order valence-corrected chi connectivity index (χ0v) is 9.64. The topological polar surface area (TPSA) is 20.2 Å². The molecule has 0 unspecified atom stereocenters. The van der Waals surface area contributed by atoms with Crippen molar-refractivity contribution < 1.29 is 5.11 Å². The average molecular weight is 194 g/mol. The Morgan fingerprint density at radius 2 is 2.14 bits per heavy atom. The number of hydrogen-bond acceptors (Lipinski definition) is 1. The van der Waals surface area contributed by atoms with Crippen LogP contribution in [0, 0.1) is 5.41 Å². The molecular weight excluding hydrogens is 172 g/mol. The summed E-state index contributed by atoms with van der Waals surface area (Å²) in [6.07, 6.45) is 8.91.